The van der Waals surface area contributed by atoms with Crippen LogP contribution in [0.2, 0.25) is 0 Å². The maximum Gasteiger partial charge on any atom is 0.221 e. The Bertz CT molecular complexity index is 1020. The first-order valence-corrected chi connectivity index (χ1v) is 11.7. The molecule has 1 amide bonds. The summed E-state index contributed by atoms with van der Waals surface area (Å²) in [5, 5.41) is 1.01. The smallest absolute Gasteiger partial charge is 0.221 e. The molecule has 1 aromatic heterocycles. The molecule has 0 aliphatic heterocycles. The topological polar surface area (TPSA) is 82.3 Å². The summed E-state index contributed by atoms with van der Waals surface area (Å²) >= 11 is 1.67. The van der Waals surface area contributed by atoms with Gasteiger partial charge in [0.15, 0.2) is 0 Å². The van der Waals surface area contributed by atoms with E-state index in [9.17, 15) is 9.59 Å². The summed E-state index contributed by atoms with van der Waals surface area (Å²) in [5.41, 5.74) is 8.08. The lowest BCUT2D eigenvalue weighted by molar-refractivity contribution is -0.131. The second kappa shape index (κ2) is 7.19. The molecule has 0 spiro atoms. The van der Waals surface area contributed by atoms with E-state index >= 15 is 0 Å². The number of thiazole rings is 1. The molecule has 2 saturated carbocycles. The third-order valence-corrected chi connectivity index (χ3v) is 8.82. The molecule has 2 fully saturated rings. The van der Waals surface area contributed by atoms with Gasteiger partial charge in [0.1, 0.15) is 11.5 Å². The molecule has 5 rings (SSSR count). The number of aromatic nitrogens is 1. The number of benzene rings is 1. The molecule has 0 unspecified atom stereocenters. The Morgan fingerprint density at radius 2 is 2.20 bits per heavy atom. The number of Topliss-reactive ketones (excluding diaryl/α,β-unsaturated/α-hetero) is 1. The highest BCUT2D eigenvalue weighted by molar-refractivity contribution is 7.11. The molecule has 2 N–H and O–H groups in total. The van der Waals surface area contributed by atoms with E-state index in [-0.39, 0.29) is 23.5 Å². The van der Waals surface area contributed by atoms with Crippen LogP contribution in [-0.4, -0.2) is 23.8 Å². The van der Waals surface area contributed by atoms with Crippen molar-refractivity contribution in [2.45, 2.75) is 51.4 Å². The number of ketones is 1. The Labute approximate surface area is 181 Å². The van der Waals surface area contributed by atoms with Gasteiger partial charge >= 0.3 is 0 Å². The fourth-order valence-corrected chi connectivity index (χ4v) is 7.62. The number of carbonyl (C=O) groups is 2. The molecular weight excluding hydrogens is 396 g/mol. The number of aryl methyl sites for hydroxylation is 2. The lowest BCUT2D eigenvalue weighted by atomic mass is 9.52. The first-order valence-electron chi connectivity index (χ1n) is 10.8. The van der Waals surface area contributed by atoms with Crippen LogP contribution in [0.4, 0.5) is 0 Å². The zero-order valence-electron chi connectivity index (χ0n) is 17.5. The fraction of sp³-hybridized carbons (Fsp3) is 0.542. The molecular formula is C24H28N2O3S. The number of methoxy groups -OCH3 is 1. The van der Waals surface area contributed by atoms with Crippen LogP contribution in [0.1, 0.15) is 52.6 Å². The average Bonchev–Trinajstić information content (AvgIpc) is 3.28. The highest BCUT2D eigenvalue weighted by Crippen LogP contribution is 2.62. The quantitative estimate of drug-likeness (QED) is 0.809. The van der Waals surface area contributed by atoms with Crippen molar-refractivity contribution in [1.82, 2.24) is 4.98 Å². The van der Waals surface area contributed by atoms with Crippen LogP contribution in [0.15, 0.2) is 24.4 Å². The minimum absolute atomic E-state index is 0.0145. The van der Waals surface area contributed by atoms with E-state index in [1.54, 1.807) is 18.4 Å². The maximum atomic E-state index is 13.4. The zero-order valence-corrected chi connectivity index (χ0v) is 18.3. The highest BCUT2D eigenvalue weighted by atomic mass is 32.1. The van der Waals surface area contributed by atoms with Gasteiger partial charge in [-0.25, -0.2) is 4.98 Å². The van der Waals surface area contributed by atoms with Gasteiger partial charge in [-0.3, -0.25) is 9.59 Å². The standard InChI is InChI=1S/C24H28N2O3S/c1-13-12-26-21(30-13)11-24-8-7-17-16-6-4-15(29-2)9-14(16)3-5-18(17)22(24)19(23(25)28)10-20(24)27/h4,6,9,12,17-19,22H,3,5,7-8,10-11H2,1-2H3,(H2,25,28)/t17-,18-,19+,22-,24+/m1/s1. The number of primary amides is 1. The second-order valence-corrected chi connectivity index (χ2v) is 10.6. The molecule has 1 aromatic carbocycles. The van der Waals surface area contributed by atoms with Crippen LogP contribution in [0.3, 0.4) is 0 Å². The van der Waals surface area contributed by atoms with Gasteiger partial charge in [-0.15, -0.1) is 11.3 Å². The minimum Gasteiger partial charge on any atom is -0.497 e. The van der Waals surface area contributed by atoms with E-state index in [1.165, 1.54) is 11.1 Å². The van der Waals surface area contributed by atoms with Crippen molar-refractivity contribution in [2.24, 2.45) is 28.9 Å². The Morgan fingerprint density at radius 1 is 1.37 bits per heavy atom. The number of nitrogens with two attached hydrogens (primary N) is 1. The van der Waals surface area contributed by atoms with Gasteiger partial charge in [0.2, 0.25) is 5.91 Å². The fourth-order valence-electron chi connectivity index (χ4n) is 6.70. The monoisotopic (exact) mass is 424 g/mol. The van der Waals surface area contributed by atoms with Crippen LogP contribution >= 0.6 is 11.3 Å². The molecule has 0 saturated heterocycles. The van der Waals surface area contributed by atoms with Crippen LogP contribution in [0.25, 0.3) is 0 Å². The summed E-state index contributed by atoms with van der Waals surface area (Å²) in [4.78, 5) is 31.6. The summed E-state index contributed by atoms with van der Waals surface area (Å²) in [7, 11) is 1.70. The summed E-state index contributed by atoms with van der Waals surface area (Å²) in [6.07, 6.45) is 6.56. The highest BCUT2D eigenvalue weighted by Gasteiger charge is 2.62. The molecule has 30 heavy (non-hydrogen) atoms. The van der Waals surface area contributed by atoms with Crippen molar-refractivity contribution >= 4 is 23.0 Å². The maximum absolute atomic E-state index is 13.4. The third-order valence-electron chi connectivity index (χ3n) is 7.91. The van der Waals surface area contributed by atoms with Gasteiger partial charge in [0.25, 0.3) is 0 Å². The van der Waals surface area contributed by atoms with Gasteiger partial charge < -0.3 is 10.5 Å². The molecule has 5 nitrogen and oxygen atoms in total. The summed E-state index contributed by atoms with van der Waals surface area (Å²) in [6, 6.07) is 6.38. The molecule has 0 bridgehead atoms. The van der Waals surface area contributed by atoms with E-state index in [1.807, 2.05) is 19.2 Å². The van der Waals surface area contributed by atoms with E-state index < -0.39 is 5.41 Å². The van der Waals surface area contributed by atoms with Gasteiger partial charge in [-0.05, 0) is 73.6 Å². The third kappa shape index (κ3) is 2.91. The molecule has 1 heterocycles. The predicted molar refractivity (Wildman–Crippen MR) is 116 cm³/mol. The average molecular weight is 425 g/mol. The largest absolute Gasteiger partial charge is 0.497 e. The number of rotatable bonds is 4. The van der Waals surface area contributed by atoms with Crippen molar-refractivity contribution in [3.05, 3.63) is 45.4 Å². The van der Waals surface area contributed by atoms with Crippen LogP contribution in [0, 0.1) is 30.1 Å². The van der Waals surface area contributed by atoms with Gasteiger partial charge in [-0.1, -0.05) is 6.07 Å². The molecule has 5 atom stereocenters. The van der Waals surface area contributed by atoms with Gasteiger partial charge in [0, 0.05) is 35.2 Å². The minimum atomic E-state index is -0.491. The Morgan fingerprint density at radius 3 is 2.90 bits per heavy atom. The Hall–Kier alpha value is -2.21. The zero-order chi connectivity index (χ0) is 21.0. The van der Waals surface area contributed by atoms with Crippen molar-refractivity contribution in [2.75, 3.05) is 7.11 Å². The second-order valence-electron chi connectivity index (χ2n) is 9.27. The number of ether oxygens (including phenoxy) is 1. The Balaban J connectivity index is 1.55. The molecule has 2 aromatic rings. The first-order chi connectivity index (χ1) is 14.4. The van der Waals surface area contributed by atoms with Crippen molar-refractivity contribution in [1.29, 1.82) is 0 Å². The molecule has 3 aliphatic carbocycles. The van der Waals surface area contributed by atoms with Crippen molar-refractivity contribution in [3.8, 4) is 5.75 Å². The number of carbonyl (C=O) groups excluding carboxylic acids is 2. The van der Waals surface area contributed by atoms with Crippen molar-refractivity contribution in [3.63, 3.8) is 0 Å². The number of amides is 1. The molecule has 158 valence electrons. The van der Waals surface area contributed by atoms with Crippen LogP contribution in [0.5, 0.6) is 5.75 Å². The number of hydrogen-bond acceptors (Lipinski definition) is 5. The number of hydrogen-bond donors (Lipinski definition) is 1. The van der Waals surface area contributed by atoms with Gasteiger partial charge in [0.05, 0.1) is 12.1 Å². The number of fused-ring (bicyclic) bond motifs is 5. The van der Waals surface area contributed by atoms with Gasteiger partial charge in [-0.2, -0.15) is 0 Å². The summed E-state index contributed by atoms with van der Waals surface area (Å²) in [6.45, 7) is 2.04. The van der Waals surface area contributed by atoms with E-state index in [4.69, 9.17) is 10.5 Å². The summed E-state index contributed by atoms with van der Waals surface area (Å²) < 4.78 is 5.42. The normalized spacial score (nSPS) is 32.3. The lowest BCUT2D eigenvalue weighted by Gasteiger charge is -2.50. The molecule has 3 aliphatic rings. The van der Waals surface area contributed by atoms with Crippen LogP contribution in [-0.2, 0) is 22.4 Å². The van der Waals surface area contributed by atoms with Crippen LogP contribution < -0.4 is 10.5 Å². The van der Waals surface area contributed by atoms with E-state index in [0.717, 1.165) is 41.3 Å². The molecule has 0 radical (unpaired) electrons. The SMILES string of the molecule is COc1ccc2c(c1)CC[C@H]1[C@@H]3[C@@H](C(N)=O)CC(=O)[C@@]3(Cc3ncc(C)s3)CC[C@H]21. The first kappa shape index (κ1) is 19.7. The number of nitrogens with zero attached hydrogens (tertiary/aromatic N) is 1. The Kier molecular flexibility index (Phi) is 4.73. The molecule has 6 heteroatoms. The van der Waals surface area contributed by atoms with E-state index in [2.05, 4.69) is 17.1 Å². The van der Waals surface area contributed by atoms with Crippen molar-refractivity contribution < 1.29 is 14.3 Å². The lowest BCUT2D eigenvalue weighted by Crippen LogP contribution is -2.48. The summed E-state index contributed by atoms with van der Waals surface area (Å²) in [5.74, 6) is 1.15. The van der Waals surface area contributed by atoms with E-state index in [0.29, 0.717) is 24.7 Å². The predicted octanol–water partition coefficient (Wildman–Crippen LogP) is 3.82.